The normalized spacial score (nSPS) is 13.8. The Morgan fingerprint density at radius 2 is 1.79 bits per heavy atom. The number of rotatable bonds is 8. The zero-order valence-corrected chi connectivity index (χ0v) is 17.8. The number of halogens is 2. The van der Waals surface area contributed by atoms with Gasteiger partial charge in [0, 0.05) is 16.6 Å². The zero-order chi connectivity index (χ0) is 20.9. The monoisotopic (exact) mass is 444 g/mol. The van der Waals surface area contributed by atoms with E-state index in [1.165, 1.54) is 19.1 Å². The summed E-state index contributed by atoms with van der Waals surface area (Å²) in [4.78, 5) is 12.4. The average molecular weight is 445 g/mol. The van der Waals surface area contributed by atoms with Gasteiger partial charge in [0.2, 0.25) is 15.9 Å². The SMILES string of the molecule is Cc1ccc(S(=O)(=O)NC(C(=O)NCCc2ccc(Cl)cc2Cl)C(C)O)cc1. The van der Waals surface area contributed by atoms with Gasteiger partial charge in [-0.15, -0.1) is 0 Å². The molecule has 152 valence electrons. The fourth-order valence-corrected chi connectivity index (χ4v) is 4.25. The quantitative estimate of drug-likeness (QED) is 0.582. The van der Waals surface area contributed by atoms with Crippen LogP contribution < -0.4 is 10.0 Å². The third-order valence-electron chi connectivity index (χ3n) is 4.09. The molecule has 6 nitrogen and oxygen atoms in total. The second-order valence-corrected chi connectivity index (χ2v) is 8.99. The van der Waals surface area contributed by atoms with Crippen LogP contribution in [0.5, 0.6) is 0 Å². The molecule has 0 aliphatic rings. The number of hydrogen-bond donors (Lipinski definition) is 3. The topological polar surface area (TPSA) is 95.5 Å². The first kappa shape index (κ1) is 22.6. The highest BCUT2D eigenvalue weighted by atomic mass is 35.5. The van der Waals surface area contributed by atoms with Gasteiger partial charge in [-0.2, -0.15) is 4.72 Å². The van der Waals surface area contributed by atoms with Crippen LogP contribution in [0.15, 0.2) is 47.4 Å². The highest BCUT2D eigenvalue weighted by Gasteiger charge is 2.29. The highest BCUT2D eigenvalue weighted by Crippen LogP contribution is 2.21. The predicted octanol–water partition coefficient (Wildman–Crippen LogP) is 2.69. The Morgan fingerprint density at radius 3 is 2.36 bits per heavy atom. The fourth-order valence-electron chi connectivity index (χ4n) is 2.48. The number of aryl methyl sites for hydroxylation is 1. The molecule has 0 bridgehead atoms. The van der Waals surface area contributed by atoms with E-state index in [4.69, 9.17) is 23.2 Å². The van der Waals surface area contributed by atoms with Crippen molar-refractivity contribution in [1.29, 1.82) is 0 Å². The molecule has 1 amide bonds. The lowest BCUT2D eigenvalue weighted by atomic mass is 10.1. The maximum Gasteiger partial charge on any atom is 0.241 e. The first-order valence-corrected chi connectivity index (χ1v) is 10.8. The minimum Gasteiger partial charge on any atom is -0.391 e. The van der Waals surface area contributed by atoms with Crippen LogP contribution in [-0.2, 0) is 21.2 Å². The summed E-state index contributed by atoms with van der Waals surface area (Å²) in [6, 6.07) is 9.92. The number of nitrogens with one attached hydrogen (secondary N) is 2. The molecular weight excluding hydrogens is 423 g/mol. The maximum atomic E-state index is 12.5. The van der Waals surface area contributed by atoms with Gasteiger partial charge in [0.1, 0.15) is 6.04 Å². The number of benzene rings is 2. The van der Waals surface area contributed by atoms with Crippen molar-refractivity contribution in [2.24, 2.45) is 0 Å². The number of aliphatic hydroxyl groups excluding tert-OH is 1. The number of carbonyl (C=O) groups excluding carboxylic acids is 1. The van der Waals surface area contributed by atoms with Crippen LogP contribution in [0.3, 0.4) is 0 Å². The molecule has 0 fully saturated rings. The lowest BCUT2D eigenvalue weighted by Crippen LogP contribution is -2.52. The Balaban J connectivity index is 2.02. The van der Waals surface area contributed by atoms with Gasteiger partial charge in [0.25, 0.3) is 0 Å². The van der Waals surface area contributed by atoms with Crippen molar-refractivity contribution in [2.45, 2.75) is 37.3 Å². The van der Waals surface area contributed by atoms with Crippen LogP contribution in [0.4, 0.5) is 0 Å². The summed E-state index contributed by atoms with van der Waals surface area (Å²) in [6.07, 6.45) is -0.793. The third kappa shape index (κ3) is 6.18. The number of hydrogen-bond acceptors (Lipinski definition) is 4. The van der Waals surface area contributed by atoms with Gasteiger partial charge in [-0.25, -0.2) is 8.42 Å². The van der Waals surface area contributed by atoms with Crippen molar-refractivity contribution in [3.63, 3.8) is 0 Å². The van der Waals surface area contributed by atoms with Gasteiger partial charge in [-0.3, -0.25) is 4.79 Å². The Morgan fingerprint density at radius 1 is 1.14 bits per heavy atom. The van der Waals surface area contributed by atoms with E-state index in [0.29, 0.717) is 16.5 Å². The molecule has 2 aromatic rings. The summed E-state index contributed by atoms with van der Waals surface area (Å²) in [5.41, 5.74) is 1.70. The van der Waals surface area contributed by atoms with Crippen LogP contribution in [0.1, 0.15) is 18.1 Å². The fraction of sp³-hybridized carbons (Fsp3) is 0.316. The number of aliphatic hydroxyl groups is 1. The molecule has 0 saturated carbocycles. The highest BCUT2D eigenvalue weighted by molar-refractivity contribution is 7.89. The number of carbonyl (C=O) groups is 1. The summed E-state index contributed by atoms with van der Waals surface area (Å²) in [5, 5.41) is 13.5. The lowest BCUT2D eigenvalue weighted by Gasteiger charge is -2.21. The van der Waals surface area contributed by atoms with Gasteiger partial charge >= 0.3 is 0 Å². The Kier molecular flexibility index (Phi) is 7.86. The molecule has 0 radical (unpaired) electrons. The summed E-state index contributed by atoms with van der Waals surface area (Å²) in [6.45, 7) is 3.40. The van der Waals surface area contributed by atoms with E-state index in [-0.39, 0.29) is 11.4 Å². The molecule has 9 heteroatoms. The van der Waals surface area contributed by atoms with Crippen molar-refractivity contribution in [3.05, 3.63) is 63.6 Å². The second-order valence-electron chi connectivity index (χ2n) is 6.43. The summed E-state index contributed by atoms with van der Waals surface area (Å²) in [7, 11) is -3.96. The van der Waals surface area contributed by atoms with E-state index in [2.05, 4.69) is 10.0 Å². The molecule has 2 atom stereocenters. The summed E-state index contributed by atoms with van der Waals surface area (Å²) >= 11 is 11.9. The maximum absolute atomic E-state index is 12.5. The molecule has 0 saturated heterocycles. The first-order valence-electron chi connectivity index (χ1n) is 8.59. The van der Waals surface area contributed by atoms with E-state index in [1.807, 2.05) is 6.92 Å². The molecule has 0 aliphatic heterocycles. The van der Waals surface area contributed by atoms with E-state index < -0.39 is 28.1 Å². The number of sulfonamides is 1. The van der Waals surface area contributed by atoms with Crippen molar-refractivity contribution in [1.82, 2.24) is 10.0 Å². The van der Waals surface area contributed by atoms with Gasteiger partial charge in [-0.1, -0.05) is 47.0 Å². The van der Waals surface area contributed by atoms with Crippen molar-refractivity contribution in [2.75, 3.05) is 6.54 Å². The van der Waals surface area contributed by atoms with Gasteiger partial charge in [-0.05, 0) is 50.1 Å². The minimum absolute atomic E-state index is 0.0181. The van der Waals surface area contributed by atoms with Crippen molar-refractivity contribution >= 4 is 39.1 Å². The average Bonchev–Trinajstić information content (AvgIpc) is 2.61. The molecule has 0 heterocycles. The van der Waals surface area contributed by atoms with E-state index >= 15 is 0 Å². The predicted molar refractivity (Wildman–Crippen MR) is 110 cm³/mol. The molecular formula is C19H22Cl2N2O4S. The van der Waals surface area contributed by atoms with E-state index in [1.54, 1.807) is 30.3 Å². The van der Waals surface area contributed by atoms with E-state index in [0.717, 1.165) is 11.1 Å². The lowest BCUT2D eigenvalue weighted by molar-refractivity contribution is -0.124. The van der Waals surface area contributed by atoms with Crippen molar-refractivity contribution < 1.29 is 18.3 Å². The third-order valence-corrected chi connectivity index (χ3v) is 6.13. The smallest absolute Gasteiger partial charge is 0.241 e. The summed E-state index contributed by atoms with van der Waals surface area (Å²) < 4.78 is 27.3. The van der Waals surface area contributed by atoms with Crippen LogP contribution in [0.25, 0.3) is 0 Å². The Hall–Kier alpha value is -1.64. The molecule has 2 unspecified atom stereocenters. The molecule has 2 rings (SSSR count). The molecule has 0 aromatic heterocycles. The molecule has 3 N–H and O–H groups in total. The number of amides is 1. The molecule has 0 aliphatic carbocycles. The van der Waals surface area contributed by atoms with Gasteiger partial charge in [0.05, 0.1) is 11.0 Å². The van der Waals surface area contributed by atoms with Crippen LogP contribution in [0, 0.1) is 6.92 Å². The zero-order valence-electron chi connectivity index (χ0n) is 15.4. The van der Waals surface area contributed by atoms with Crippen LogP contribution in [0.2, 0.25) is 10.0 Å². The Labute approximate surface area is 174 Å². The second kappa shape index (κ2) is 9.71. The largest absolute Gasteiger partial charge is 0.391 e. The van der Waals surface area contributed by atoms with Gasteiger partial charge in [0.15, 0.2) is 0 Å². The molecule has 2 aromatic carbocycles. The Bertz CT molecular complexity index is 931. The van der Waals surface area contributed by atoms with E-state index in [9.17, 15) is 18.3 Å². The van der Waals surface area contributed by atoms with Crippen molar-refractivity contribution in [3.8, 4) is 0 Å². The van der Waals surface area contributed by atoms with Gasteiger partial charge < -0.3 is 10.4 Å². The van der Waals surface area contributed by atoms with Crippen LogP contribution in [-0.4, -0.2) is 38.1 Å². The molecule has 28 heavy (non-hydrogen) atoms. The standard InChI is InChI=1S/C19H22Cl2N2O4S/c1-12-3-7-16(8-4-12)28(26,27)23-18(13(2)24)19(25)22-10-9-14-5-6-15(20)11-17(14)21/h3-8,11,13,18,23-24H,9-10H2,1-2H3,(H,22,25). The first-order chi connectivity index (χ1) is 13.1. The van der Waals surface area contributed by atoms with Crippen LogP contribution >= 0.6 is 23.2 Å². The summed E-state index contributed by atoms with van der Waals surface area (Å²) in [5.74, 6) is -0.629. The minimum atomic E-state index is -3.96. The molecule has 0 spiro atoms.